The molecule has 1 aromatic heterocycles. The maximum absolute atomic E-state index is 12.5. The molecule has 1 saturated heterocycles. The Balaban J connectivity index is 1.57. The predicted molar refractivity (Wildman–Crippen MR) is 96.1 cm³/mol. The summed E-state index contributed by atoms with van der Waals surface area (Å²) in [6.45, 7) is 7.03. The molecule has 1 aliphatic rings. The summed E-state index contributed by atoms with van der Waals surface area (Å²) in [5, 5.41) is 4.82. The lowest BCUT2D eigenvalue weighted by Crippen LogP contribution is -2.49. The normalized spacial score (nSPS) is 15.4. The number of Topliss-reactive ketones (excluding diaryl/α,β-unsaturated/α-hetero) is 1. The van der Waals surface area contributed by atoms with Crippen molar-refractivity contribution in [2.75, 3.05) is 26.2 Å². The number of aryl methyl sites for hydroxylation is 1. The zero-order valence-corrected chi connectivity index (χ0v) is 15.2. The van der Waals surface area contributed by atoms with Crippen molar-refractivity contribution in [3.63, 3.8) is 0 Å². The molecule has 0 unspecified atom stereocenters. The van der Waals surface area contributed by atoms with Gasteiger partial charge in [-0.15, -0.1) is 0 Å². The fourth-order valence-electron chi connectivity index (χ4n) is 2.88. The van der Waals surface area contributed by atoms with Crippen molar-refractivity contribution in [3.8, 4) is 0 Å². The molecular weight excluding hydrogens is 340 g/mol. The quantitative estimate of drug-likeness (QED) is 0.790. The molecule has 132 valence electrons. The molecule has 2 heterocycles. The van der Waals surface area contributed by atoms with Crippen LogP contribution < -0.4 is 0 Å². The predicted octanol–water partition coefficient (Wildman–Crippen LogP) is 2.83. The van der Waals surface area contributed by atoms with E-state index in [1.54, 1.807) is 11.0 Å². The summed E-state index contributed by atoms with van der Waals surface area (Å²) in [6, 6.07) is 7.46. The fourth-order valence-corrected chi connectivity index (χ4v) is 3.18. The van der Waals surface area contributed by atoms with Crippen LogP contribution in [0.25, 0.3) is 0 Å². The lowest BCUT2D eigenvalue weighted by molar-refractivity contribution is 0.101. The van der Waals surface area contributed by atoms with Gasteiger partial charge >= 0.3 is 6.03 Å². The molecule has 1 fully saturated rings. The van der Waals surface area contributed by atoms with Crippen LogP contribution in [-0.2, 0) is 6.54 Å². The second-order valence-electron chi connectivity index (χ2n) is 6.34. The van der Waals surface area contributed by atoms with Gasteiger partial charge in [0, 0.05) is 50.9 Å². The smallest absolute Gasteiger partial charge is 0.320 e. The molecule has 0 N–H and O–H groups in total. The SMILES string of the molecule is CC(=O)c1ccn(C(=O)N2CCN(Cc3ccc(C)cc3Cl)CC2)n1. The van der Waals surface area contributed by atoms with Gasteiger partial charge in [0.2, 0.25) is 0 Å². The molecule has 0 bridgehead atoms. The van der Waals surface area contributed by atoms with E-state index < -0.39 is 0 Å². The van der Waals surface area contributed by atoms with Crippen molar-refractivity contribution in [2.45, 2.75) is 20.4 Å². The second kappa shape index (κ2) is 7.37. The Kier molecular flexibility index (Phi) is 5.20. The highest BCUT2D eigenvalue weighted by atomic mass is 35.5. The molecule has 1 aliphatic heterocycles. The van der Waals surface area contributed by atoms with E-state index in [-0.39, 0.29) is 11.8 Å². The molecule has 0 radical (unpaired) electrons. The summed E-state index contributed by atoms with van der Waals surface area (Å²) >= 11 is 6.31. The molecule has 25 heavy (non-hydrogen) atoms. The molecule has 1 aromatic carbocycles. The van der Waals surface area contributed by atoms with Gasteiger partial charge in [0.25, 0.3) is 0 Å². The minimum absolute atomic E-state index is 0.147. The molecule has 3 rings (SSSR count). The Morgan fingerprint density at radius 3 is 2.48 bits per heavy atom. The number of hydrogen-bond donors (Lipinski definition) is 0. The van der Waals surface area contributed by atoms with Gasteiger partial charge in [-0.1, -0.05) is 23.7 Å². The standard InChI is InChI=1S/C18H21ClN4O2/c1-13-3-4-15(16(19)11-13)12-21-7-9-22(10-8-21)18(25)23-6-5-17(20-23)14(2)24/h3-6,11H,7-10,12H2,1-2H3. The van der Waals surface area contributed by atoms with E-state index in [4.69, 9.17) is 11.6 Å². The number of benzene rings is 1. The number of amides is 1. The molecule has 2 aromatic rings. The molecule has 7 heteroatoms. The van der Waals surface area contributed by atoms with E-state index in [1.165, 1.54) is 17.8 Å². The average Bonchev–Trinajstić information content (AvgIpc) is 3.08. The first-order chi connectivity index (χ1) is 11.9. The Hall–Kier alpha value is -2.18. The first-order valence-corrected chi connectivity index (χ1v) is 8.65. The van der Waals surface area contributed by atoms with Crippen LogP contribution >= 0.6 is 11.6 Å². The second-order valence-corrected chi connectivity index (χ2v) is 6.75. The first kappa shape index (κ1) is 17.6. The first-order valence-electron chi connectivity index (χ1n) is 8.27. The van der Waals surface area contributed by atoms with Crippen molar-refractivity contribution >= 4 is 23.4 Å². The van der Waals surface area contributed by atoms with E-state index in [2.05, 4.69) is 22.1 Å². The maximum Gasteiger partial charge on any atom is 0.344 e. The number of carbonyl (C=O) groups excluding carboxylic acids is 2. The van der Waals surface area contributed by atoms with Gasteiger partial charge in [-0.3, -0.25) is 9.69 Å². The van der Waals surface area contributed by atoms with Crippen molar-refractivity contribution < 1.29 is 9.59 Å². The number of aromatic nitrogens is 2. The number of piperazine rings is 1. The van der Waals surface area contributed by atoms with Crippen LogP contribution in [0.5, 0.6) is 0 Å². The highest BCUT2D eigenvalue weighted by Gasteiger charge is 2.23. The molecule has 0 atom stereocenters. The third-order valence-corrected chi connectivity index (χ3v) is 4.74. The molecule has 0 aliphatic carbocycles. The largest absolute Gasteiger partial charge is 0.344 e. The Morgan fingerprint density at radius 2 is 1.88 bits per heavy atom. The van der Waals surface area contributed by atoms with Crippen LogP contribution in [0, 0.1) is 6.92 Å². The summed E-state index contributed by atoms with van der Waals surface area (Å²) in [4.78, 5) is 27.8. The number of nitrogens with zero attached hydrogens (tertiary/aromatic N) is 4. The molecule has 6 nitrogen and oxygen atoms in total. The molecule has 0 spiro atoms. The van der Waals surface area contributed by atoms with E-state index >= 15 is 0 Å². The average molecular weight is 361 g/mol. The van der Waals surface area contributed by atoms with Gasteiger partial charge in [0.1, 0.15) is 5.69 Å². The number of ketones is 1. The highest BCUT2D eigenvalue weighted by Crippen LogP contribution is 2.20. The number of hydrogen-bond acceptors (Lipinski definition) is 4. The third kappa shape index (κ3) is 4.08. The minimum atomic E-state index is -0.194. The number of rotatable bonds is 3. The Labute approximate surface area is 152 Å². The van der Waals surface area contributed by atoms with Crippen molar-refractivity contribution in [1.82, 2.24) is 19.6 Å². The highest BCUT2D eigenvalue weighted by molar-refractivity contribution is 6.31. The van der Waals surface area contributed by atoms with Crippen LogP contribution in [0.1, 0.15) is 28.5 Å². The van der Waals surface area contributed by atoms with Gasteiger partial charge in [0.15, 0.2) is 5.78 Å². The fraction of sp³-hybridized carbons (Fsp3) is 0.389. The van der Waals surface area contributed by atoms with E-state index in [0.717, 1.165) is 35.8 Å². The van der Waals surface area contributed by atoms with Crippen LogP contribution in [-0.4, -0.2) is 57.6 Å². The van der Waals surface area contributed by atoms with Crippen LogP contribution in [0.3, 0.4) is 0 Å². The Morgan fingerprint density at radius 1 is 1.16 bits per heavy atom. The molecule has 1 amide bonds. The summed E-state index contributed by atoms with van der Waals surface area (Å²) in [5.74, 6) is -0.147. The van der Waals surface area contributed by atoms with E-state index in [1.807, 2.05) is 13.0 Å². The van der Waals surface area contributed by atoms with Gasteiger partial charge in [0.05, 0.1) is 0 Å². The number of halogens is 1. The maximum atomic E-state index is 12.5. The molecule has 0 saturated carbocycles. The summed E-state index contributed by atoms with van der Waals surface area (Å²) in [7, 11) is 0. The summed E-state index contributed by atoms with van der Waals surface area (Å²) in [6.07, 6.45) is 1.54. The lowest BCUT2D eigenvalue weighted by atomic mass is 10.1. The van der Waals surface area contributed by atoms with Gasteiger partial charge in [-0.05, 0) is 30.2 Å². The topological polar surface area (TPSA) is 58.4 Å². The minimum Gasteiger partial charge on any atom is -0.320 e. The van der Waals surface area contributed by atoms with Gasteiger partial charge in [-0.25, -0.2) is 4.79 Å². The number of carbonyl (C=O) groups is 2. The van der Waals surface area contributed by atoms with Crippen LogP contribution in [0.4, 0.5) is 4.79 Å². The van der Waals surface area contributed by atoms with Crippen molar-refractivity contribution in [3.05, 3.63) is 52.3 Å². The summed E-state index contributed by atoms with van der Waals surface area (Å²) in [5.41, 5.74) is 2.56. The van der Waals surface area contributed by atoms with Crippen LogP contribution in [0.15, 0.2) is 30.5 Å². The monoisotopic (exact) mass is 360 g/mol. The third-order valence-electron chi connectivity index (χ3n) is 4.39. The van der Waals surface area contributed by atoms with Crippen molar-refractivity contribution in [1.29, 1.82) is 0 Å². The zero-order chi connectivity index (χ0) is 18.0. The molecular formula is C18H21ClN4O2. The Bertz CT molecular complexity index is 794. The lowest BCUT2D eigenvalue weighted by Gasteiger charge is -2.34. The van der Waals surface area contributed by atoms with Crippen molar-refractivity contribution in [2.24, 2.45) is 0 Å². The van der Waals surface area contributed by atoms with Crippen LogP contribution in [0.2, 0.25) is 5.02 Å². The summed E-state index contributed by atoms with van der Waals surface area (Å²) < 4.78 is 1.24. The van der Waals surface area contributed by atoms with Gasteiger partial charge < -0.3 is 4.90 Å². The zero-order valence-electron chi connectivity index (χ0n) is 14.4. The van der Waals surface area contributed by atoms with E-state index in [9.17, 15) is 9.59 Å². The van der Waals surface area contributed by atoms with Gasteiger partial charge in [-0.2, -0.15) is 9.78 Å². The van der Waals surface area contributed by atoms with E-state index in [0.29, 0.717) is 18.8 Å².